The normalized spacial score (nSPS) is 20.3. The Bertz CT molecular complexity index is 474. The monoisotopic (exact) mass is 228 g/mol. The molecule has 0 aliphatic carbocycles. The summed E-state index contributed by atoms with van der Waals surface area (Å²) < 4.78 is 36.2. The highest BCUT2D eigenvalue weighted by molar-refractivity contribution is 7.85. The number of benzene rings is 1. The molecule has 15 heavy (non-hydrogen) atoms. The molecule has 1 aliphatic rings. The first-order chi connectivity index (χ1) is 6.97. The average molecular weight is 228 g/mol. The third-order valence-electron chi connectivity index (χ3n) is 2.34. The van der Waals surface area contributed by atoms with Crippen LogP contribution in [0.1, 0.15) is 11.1 Å². The van der Waals surface area contributed by atoms with Crippen molar-refractivity contribution in [2.75, 3.05) is 6.61 Å². The van der Waals surface area contributed by atoms with E-state index in [2.05, 4.69) is 0 Å². The van der Waals surface area contributed by atoms with E-state index in [4.69, 9.17) is 9.29 Å². The molecule has 0 aromatic heterocycles. The summed E-state index contributed by atoms with van der Waals surface area (Å²) in [4.78, 5) is -0.0106. The van der Waals surface area contributed by atoms with Gasteiger partial charge in [-0.1, -0.05) is 17.7 Å². The summed E-state index contributed by atoms with van der Waals surface area (Å²) in [6, 6.07) is 4.87. The first-order valence-electron chi connectivity index (χ1n) is 4.65. The maximum absolute atomic E-state index is 11.1. The van der Waals surface area contributed by atoms with Crippen LogP contribution in [-0.4, -0.2) is 25.7 Å². The molecule has 0 amide bonds. The standard InChI is InChI=1S/C10H12O4S/c1-7-2-3-10(15(11,12)13)8(4-7)5-9-6-14-9/h2-4,9H,5-6H2,1H3,(H,11,12,13)/t9-/m0/s1. The molecule has 0 spiro atoms. The fourth-order valence-electron chi connectivity index (χ4n) is 1.55. The quantitative estimate of drug-likeness (QED) is 0.623. The second-order valence-corrected chi connectivity index (χ2v) is 5.14. The van der Waals surface area contributed by atoms with Gasteiger partial charge >= 0.3 is 0 Å². The molecule has 1 N–H and O–H groups in total. The maximum Gasteiger partial charge on any atom is 0.294 e. The Morgan fingerprint density at radius 3 is 2.73 bits per heavy atom. The first-order valence-corrected chi connectivity index (χ1v) is 6.09. The second-order valence-electron chi connectivity index (χ2n) is 3.75. The van der Waals surface area contributed by atoms with Crippen LogP contribution in [-0.2, 0) is 21.3 Å². The average Bonchev–Trinajstić information content (AvgIpc) is 2.85. The first kappa shape index (κ1) is 10.6. The SMILES string of the molecule is Cc1ccc(S(=O)(=O)O)c(C[C@H]2CO2)c1. The highest BCUT2D eigenvalue weighted by Crippen LogP contribution is 2.23. The van der Waals surface area contributed by atoms with Crippen molar-refractivity contribution in [2.24, 2.45) is 0 Å². The summed E-state index contributed by atoms with van der Waals surface area (Å²) in [5, 5.41) is 0. The topological polar surface area (TPSA) is 66.9 Å². The van der Waals surface area contributed by atoms with Gasteiger partial charge in [0, 0.05) is 6.42 Å². The van der Waals surface area contributed by atoms with Gasteiger partial charge < -0.3 is 4.74 Å². The predicted octanol–water partition coefficient (Wildman–Crippen LogP) is 1.18. The van der Waals surface area contributed by atoms with E-state index in [0.717, 1.165) is 5.56 Å². The molecule has 1 aromatic carbocycles. The smallest absolute Gasteiger partial charge is 0.294 e. The highest BCUT2D eigenvalue weighted by atomic mass is 32.2. The minimum Gasteiger partial charge on any atom is -0.373 e. The second kappa shape index (κ2) is 3.59. The summed E-state index contributed by atoms with van der Waals surface area (Å²) >= 11 is 0. The van der Waals surface area contributed by atoms with Crippen molar-refractivity contribution in [1.82, 2.24) is 0 Å². The van der Waals surface area contributed by atoms with E-state index in [1.807, 2.05) is 6.92 Å². The van der Waals surface area contributed by atoms with Crippen molar-refractivity contribution in [3.05, 3.63) is 29.3 Å². The van der Waals surface area contributed by atoms with E-state index in [1.165, 1.54) is 6.07 Å². The van der Waals surface area contributed by atoms with E-state index in [-0.39, 0.29) is 11.0 Å². The minimum atomic E-state index is -4.12. The molecular weight excluding hydrogens is 216 g/mol. The Hall–Kier alpha value is -0.910. The molecule has 2 rings (SSSR count). The molecule has 5 heteroatoms. The Balaban J connectivity index is 2.43. The summed E-state index contributed by atoms with van der Waals surface area (Å²) in [6.07, 6.45) is 0.642. The van der Waals surface area contributed by atoms with Crippen LogP contribution < -0.4 is 0 Å². The van der Waals surface area contributed by atoms with Crippen LogP contribution in [0.25, 0.3) is 0 Å². The molecule has 1 aliphatic heterocycles. The van der Waals surface area contributed by atoms with Gasteiger partial charge in [0.05, 0.1) is 17.6 Å². The van der Waals surface area contributed by atoms with Crippen molar-refractivity contribution in [1.29, 1.82) is 0 Å². The van der Waals surface area contributed by atoms with Crippen LogP contribution in [0.15, 0.2) is 23.1 Å². The van der Waals surface area contributed by atoms with Gasteiger partial charge in [-0.2, -0.15) is 8.42 Å². The minimum absolute atomic E-state index is 0.0106. The fraction of sp³-hybridized carbons (Fsp3) is 0.400. The Kier molecular flexibility index (Phi) is 2.54. The van der Waals surface area contributed by atoms with Gasteiger partial charge in [0.2, 0.25) is 0 Å². The van der Waals surface area contributed by atoms with Crippen molar-refractivity contribution in [3.63, 3.8) is 0 Å². The summed E-state index contributed by atoms with van der Waals surface area (Å²) in [5.74, 6) is 0. The molecule has 1 saturated heterocycles. The van der Waals surface area contributed by atoms with E-state index < -0.39 is 10.1 Å². The van der Waals surface area contributed by atoms with Crippen LogP contribution >= 0.6 is 0 Å². The molecular formula is C10H12O4S. The third kappa shape index (κ3) is 2.56. The Morgan fingerprint density at radius 2 is 2.20 bits per heavy atom. The fourth-order valence-corrected chi connectivity index (χ4v) is 2.26. The zero-order valence-electron chi connectivity index (χ0n) is 8.30. The zero-order chi connectivity index (χ0) is 11.1. The van der Waals surface area contributed by atoms with Crippen molar-refractivity contribution in [2.45, 2.75) is 24.3 Å². The molecule has 4 nitrogen and oxygen atoms in total. The number of rotatable bonds is 3. The van der Waals surface area contributed by atoms with Crippen molar-refractivity contribution >= 4 is 10.1 Å². The van der Waals surface area contributed by atoms with Crippen LogP contribution in [0.4, 0.5) is 0 Å². The van der Waals surface area contributed by atoms with Crippen LogP contribution in [0.3, 0.4) is 0 Å². The number of hydrogen-bond donors (Lipinski definition) is 1. The predicted molar refractivity (Wildman–Crippen MR) is 54.4 cm³/mol. The maximum atomic E-state index is 11.1. The van der Waals surface area contributed by atoms with Gasteiger partial charge in [-0.3, -0.25) is 4.55 Å². The molecule has 82 valence electrons. The lowest BCUT2D eigenvalue weighted by molar-refractivity contribution is 0.406. The van der Waals surface area contributed by atoms with Gasteiger partial charge in [0.15, 0.2) is 0 Å². The molecule has 0 bridgehead atoms. The molecule has 0 radical (unpaired) electrons. The number of epoxide rings is 1. The lowest BCUT2D eigenvalue weighted by Gasteiger charge is -2.06. The van der Waals surface area contributed by atoms with E-state index in [1.54, 1.807) is 12.1 Å². The Labute approximate surface area is 88.6 Å². The van der Waals surface area contributed by atoms with Gasteiger partial charge in [-0.05, 0) is 18.6 Å². The summed E-state index contributed by atoms with van der Waals surface area (Å²) in [5.41, 5.74) is 1.60. The molecule has 0 saturated carbocycles. The largest absolute Gasteiger partial charge is 0.373 e. The van der Waals surface area contributed by atoms with Gasteiger partial charge in [-0.25, -0.2) is 0 Å². The van der Waals surface area contributed by atoms with Crippen LogP contribution in [0, 0.1) is 6.92 Å². The van der Waals surface area contributed by atoms with Gasteiger partial charge in [0.1, 0.15) is 0 Å². The third-order valence-corrected chi connectivity index (χ3v) is 3.30. The number of aryl methyl sites for hydroxylation is 1. The van der Waals surface area contributed by atoms with Crippen LogP contribution in [0.2, 0.25) is 0 Å². The highest BCUT2D eigenvalue weighted by Gasteiger charge is 2.26. The van der Waals surface area contributed by atoms with E-state index >= 15 is 0 Å². The number of ether oxygens (including phenoxy) is 1. The zero-order valence-corrected chi connectivity index (χ0v) is 9.12. The van der Waals surface area contributed by atoms with Crippen molar-refractivity contribution < 1.29 is 17.7 Å². The molecule has 1 atom stereocenters. The van der Waals surface area contributed by atoms with Crippen LogP contribution in [0.5, 0.6) is 0 Å². The molecule has 1 heterocycles. The van der Waals surface area contributed by atoms with E-state index in [0.29, 0.717) is 18.6 Å². The lowest BCUT2D eigenvalue weighted by Crippen LogP contribution is -2.05. The number of hydrogen-bond acceptors (Lipinski definition) is 3. The summed E-state index contributed by atoms with van der Waals surface area (Å²) in [6.45, 7) is 2.55. The van der Waals surface area contributed by atoms with Gasteiger partial charge in [-0.15, -0.1) is 0 Å². The van der Waals surface area contributed by atoms with Gasteiger partial charge in [0.25, 0.3) is 10.1 Å². The molecule has 1 aromatic rings. The summed E-state index contributed by atoms with van der Waals surface area (Å²) in [7, 11) is -4.12. The van der Waals surface area contributed by atoms with E-state index in [9.17, 15) is 8.42 Å². The molecule has 0 unspecified atom stereocenters. The lowest BCUT2D eigenvalue weighted by atomic mass is 10.1. The Morgan fingerprint density at radius 1 is 1.53 bits per heavy atom. The molecule has 1 fully saturated rings. The van der Waals surface area contributed by atoms with Crippen molar-refractivity contribution in [3.8, 4) is 0 Å².